The van der Waals surface area contributed by atoms with Crippen LogP contribution >= 0.6 is 11.6 Å². The van der Waals surface area contributed by atoms with E-state index in [-0.39, 0.29) is 0 Å². The van der Waals surface area contributed by atoms with Gasteiger partial charge in [0, 0.05) is 5.03 Å². The Morgan fingerprint density at radius 3 is 2.45 bits per heavy atom. The summed E-state index contributed by atoms with van der Waals surface area (Å²) in [5, 5.41) is 0.832. The summed E-state index contributed by atoms with van der Waals surface area (Å²) in [6.07, 6.45) is 8.03. The van der Waals surface area contributed by atoms with E-state index in [0.29, 0.717) is 0 Å². The predicted molar refractivity (Wildman–Crippen MR) is 52.7 cm³/mol. The van der Waals surface area contributed by atoms with Crippen LogP contribution in [0.2, 0.25) is 0 Å². The smallest absolute Gasteiger partial charge is 0.0250 e. The summed E-state index contributed by atoms with van der Waals surface area (Å²) in [5.41, 5.74) is 0.967. The molecule has 0 bridgehead atoms. The Kier molecular flexibility index (Phi) is 5.58. The van der Waals surface area contributed by atoms with Gasteiger partial charge in [0.25, 0.3) is 0 Å². The van der Waals surface area contributed by atoms with Crippen molar-refractivity contribution in [1.82, 2.24) is 0 Å². The van der Waals surface area contributed by atoms with Crippen molar-refractivity contribution >= 4 is 11.6 Å². The molecule has 0 aromatic carbocycles. The number of hydrogen-bond donors (Lipinski definition) is 0. The fourth-order valence-electron chi connectivity index (χ4n) is 0.645. The summed E-state index contributed by atoms with van der Waals surface area (Å²) in [7, 11) is 0. The molecular formula is C10H13Cl. The van der Waals surface area contributed by atoms with E-state index in [2.05, 4.69) is 13.2 Å². The highest BCUT2D eigenvalue weighted by Gasteiger charge is 1.92. The molecule has 0 aliphatic rings. The first kappa shape index (κ1) is 10.2. The van der Waals surface area contributed by atoms with Crippen molar-refractivity contribution in [3.63, 3.8) is 0 Å². The van der Waals surface area contributed by atoms with Gasteiger partial charge in [-0.2, -0.15) is 0 Å². The van der Waals surface area contributed by atoms with Crippen molar-refractivity contribution in [3.8, 4) is 0 Å². The lowest BCUT2D eigenvalue weighted by Gasteiger charge is -1.96. The van der Waals surface area contributed by atoms with Gasteiger partial charge in [-0.15, -0.1) is 0 Å². The molecule has 0 aromatic rings. The number of halogens is 1. The fourth-order valence-corrected chi connectivity index (χ4v) is 0.785. The van der Waals surface area contributed by atoms with E-state index in [1.807, 2.05) is 19.1 Å². The molecule has 0 heterocycles. The zero-order valence-corrected chi connectivity index (χ0v) is 7.56. The van der Waals surface area contributed by atoms with Gasteiger partial charge in [-0.3, -0.25) is 0 Å². The van der Waals surface area contributed by atoms with Crippen molar-refractivity contribution in [3.05, 3.63) is 48.1 Å². The first-order valence-corrected chi connectivity index (χ1v) is 3.94. The van der Waals surface area contributed by atoms with Gasteiger partial charge in [-0.05, 0) is 12.0 Å². The minimum atomic E-state index is 0.832. The molecule has 60 valence electrons. The summed E-state index contributed by atoms with van der Waals surface area (Å²) < 4.78 is 0. The molecule has 1 heteroatoms. The van der Waals surface area contributed by atoms with Crippen LogP contribution in [-0.2, 0) is 0 Å². The molecule has 0 aliphatic heterocycles. The average Bonchev–Trinajstić information content (AvgIpc) is 2.05. The van der Waals surface area contributed by atoms with Crippen molar-refractivity contribution in [2.75, 3.05) is 0 Å². The predicted octanol–water partition coefficient (Wildman–Crippen LogP) is 3.82. The second-order valence-electron chi connectivity index (χ2n) is 2.01. The number of rotatable bonds is 4. The molecule has 0 radical (unpaired) electrons. The van der Waals surface area contributed by atoms with Crippen molar-refractivity contribution in [2.24, 2.45) is 0 Å². The third-order valence-corrected chi connectivity index (χ3v) is 1.74. The summed E-state index contributed by atoms with van der Waals surface area (Å²) in [6, 6.07) is 0. The first-order chi connectivity index (χ1) is 5.26. The van der Waals surface area contributed by atoms with Crippen LogP contribution in [0.1, 0.15) is 13.3 Å². The quantitative estimate of drug-likeness (QED) is 0.560. The molecule has 0 saturated carbocycles. The fraction of sp³-hybridized carbons (Fsp3) is 0.200. The lowest BCUT2D eigenvalue weighted by atomic mass is 10.2. The van der Waals surface area contributed by atoms with Gasteiger partial charge in [-0.1, -0.05) is 56.0 Å². The third-order valence-electron chi connectivity index (χ3n) is 1.26. The number of allylic oxidation sites excluding steroid dienone is 6. The van der Waals surface area contributed by atoms with Crippen LogP contribution < -0.4 is 0 Å². The highest BCUT2D eigenvalue weighted by atomic mass is 35.5. The normalized spacial score (nSPS) is 12.9. The highest BCUT2D eigenvalue weighted by molar-refractivity contribution is 6.30. The summed E-state index contributed by atoms with van der Waals surface area (Å²) >= 11 is 5.89. The zero-order valence-electron chi connectivity index (χ0n) is 6.81. The van der Waals surface area contributed by atoms with Crippen LogP contribution in [0.15, 0.2) is 48.1 Å². The topological polar surface area (TPSA) is 0 Å². The highest BCUT2D eigenvalue weighted by Crippen LogP contribution is 2.15. The van der Waals surface area contributed by atoms with Gasteiger partial charge in [-0.25, -0.2) is 0 Å². The maximum Gasteiger partial charge on any atom is 0.0250 e. The molecule has 0 saturated heterocycles. The van der Waals surface area contributed by atoms with E-state index in [4.69, 9.17) is 11.6 Å². The van der Waals surface area contributed by atoms with E-state index < -0.39 is 0 Å². The minimum absolute atomic E-state index is 0.832. The van der Waals surface area contributed by atoms with Gasteiger partial charge >= 0.3 is 0 Å². The van der Waals surface area contributed by atoms with Gasteiger partial charge in [0.2, 0.25) is 0 Å². The number of hydrogen-bond acceptors (Lipinski definition) is 0. The molecule has 0 amide bonds. The monoisotopic (exact) mass is 168 g/mol. The van der Waals surface area contributed by atoms with Crippen LogP contribution in [0.25, 0.3) is 0 Å². The van der Waals surface area contributed by atoms with Crippen LogP contribution in [0, 0.1) is 0 Å². The lowest BCUT2D eigenvalue weighted by Crippen LogP contribution is -1.75. The molecule has 0 aromatic heterocycles. The molecule has 0 spiro atoms. The van der Waals surface area contributed by atoms with Gasteiger partial charge in [0.05, 0.1) is 0 Å². The lowest BCUT2D eigenvalue weighted by molar-refractivity contribution is 1.18. The van der Waals surface area contributed by atoms with Crippen molar-refractivity contribution in [2.45, 2.75) is 13.3 Å². The maximum atomic E-state index is 5.89. The van der Waals surface area contributed by atoms with Crippen molar-refractivity contribution < 1.29 is 0 Å². The van der Waals surface area contributed by atoms with Gasteiger partial charge in [0.1, 0.15) is 0 Å². The summed E-state index contributed by atoms with van der Waals surface area (Å²) in [6.45, 7) is 9.23. The van der Waals surface area contributed by atoms with Crippen LogP contribution in [0.3, 0.4) is 0 Å². The maximum absolute atomic E-state index is 5.89. The zero-order chi connectivity index (χ0) is 8.69. The van der Waals surface area contributed by atoms with E-state index in [1.54, 1.807) is 12.2 Å². The average molecular weight is 169 g/mol. The standard InChI is InChI=1S/C10H13Cl/c1-4-7-8-9(5-2)10(11)6-3/h4-5,7-8H,1-2,6H2,3H3/b8-7-,10-9-. The van der Waals surface area contributed by atoms with Gasteiger partial charge in [0.15, 0.2) is 0 Å². The molecule has 0 fully saturated rings. The molecular weight excluding hydrogens is 156 g/mol. The largest absolute Gasteiger partial charge is 0.0991 e. The molecule has 0 aliphatic carbocycles. The van der Waals surface area contributed by atoms with Crippen LogP contribution in [0.4, 0.5) is 0 Å². The molecule has 0 N–H and O–H groups in total. The Bertz CT molecular complexity index is 197. The second-order valence-corrected chi connectivity index (χ2v) is 2.47. The summed E-state index contributed by atoms with van der Waals surface area (Å²) in [5.74, 6) is 0. The van der Waals surface area contributed by atoms with E-state index in [0.717, 1.165) is 17.0 Å². The molecule has 0 rings (SSSR count). The molecule has 0 unspecified atom stereocenters. The summed E-state index contributed by atoms with van der Waals surface area (Å²) in [4.78, 5) is 0. The van der Waals surface area contributed by atoms with E-state index >= 15 is 0 Å². The van der Waals surface area contributed by atoms with E-state index in [1.165, 1.54) is 0 Å². The van der Waals surface area contributed by atoms with Crippen molar-refractivity contribution in [1.29, 1.82) is 0 Å². The second kappa shape index (κ2) is 5.99. The first-order valence-electron chi connectivity index (χ1n) is 3.56. The Morgan fingerprint density at radius 2 is 2.09 bits per heavy atom. The van der Waals surface area contributed by atoms with Gasteiger partial charge < -0.3 is 0 Å². The molecule has 0 nitrogen and oxygen atoms in total. The minimum Gasteiger partial charge on any atom is -0.0991 e. The Morgan fingerprint density at radius 1 is 1.45 bits per heavy atom. The Balaban J connectivity index is 4.50. The molecule has 11 heavy (non-hydrogen) atoms. The Hall–Kier alpha value is -0.750. The molecule has 0 atom stereocenters. The SMILES string of the molecule is C=C/C=C\C(C=C)=C(/Cl)CC. The van der Waals surface area contributed by atoms with E-state index in [9.17, 15) is 0 Å². The van der Waals surface area contributed by atoms with Crippen LogP contribution in [-0.4, -0.2) is 0 Å². The third kappa shape index (κ3) is 3.84. The van der Waals surface area contributed by atoms with Crippen LogP contribution in [0.5, 0.6) is 0 Å². The Labute approximate surface area is 73.6 Å².